The first-order chi connectivity index (χ1) is 12.3. The Kier molecular flexibility index (Phi) is 4.71. The van der Waals surface area contributed by atoms with Crippen LogP contribution in [0.5, 0.6) is 0 Å². The molecule has 0 aromatic heterocycles. The molecule has 5 aliphatic rings. The molecule has 0 spiro atoms. The van der Waals surface area contributed by atoms with E-state index in [0.717, 1.165) is 42.6 Å². The second-order valence-corrected chi connectivity index (χ2v) is 9.85. The van der Waals surface area contributed by atoms with Gasteiger partial charge in [0.25, 0.3) is 0 Å². The van der Waals surface area contributed by atoms with E-state index in [1.807, 2.05) is 0 Å². The molecule has 0 bridgehead atoms. The molecule has 4 fully saturated rings. The number of aliphatic hydroxyl groups excluding tert-OH is 1. The highest BCUT2D eigenvalue weighted by atomic mass is 16.5. The smallest absolute Gasteiger partial charge is 0.0836 e. The van der Waals surface area contributed by atoms with Gasteiger partial charge in [-0.1, -0.05) is 30.9 Å². The Hall–Kier alpha value is -0.340. The van der Waals surface area contributed by atoms with Crippen LogP contribution in [0.4, 0.5) is 0 Å². The number of rotatable bonds is 3. The summed E-state index contributed by atoms with van der Waals surface area (Å²) in [5, 5.41) is 10.7. The summed E-state index contributed by atoms with van der Waals surface area (Å²) in [7, 11) is 0. The Labute approximate surface area is 153 Å². The van der Waals surface area contributed by atoms with Crippen molar-refractivity contribution in [2.45, 2.75) is 89.3 Å². The molecule has 0 radical (unpaired) electrons. The predicted octanol–water partition coefficient (Wildman–Crippen LogP) is 5.11. The van der Waals surface area contributed by atoms with Crippen LogP contribution in [0.1, 0.15) is 77.0 Å². The van der Waals surface area contributed by atoms with Crippen molar-refractivity contribution in [1.29, 1.82) is 0 Å². The average molecular weight is 345 g/mol. The van der Waals surface area contributed by atoms with Gasteiger partial charge in [-0.05, 0) is 93.3 Å². The average Bonchev–Trinajstić information content (AvgIpc) is 3.43. The maximum atomic E-state index is 10.7. The summed E-state index contributed by atoms with van der Waals surface area (Å²) in [5.41, 5.74) is 1.78. The SMILES string of the molecule is OC1C(OCC2C3CCCC=C3CC3CCCCC32)CCCC2CC21. The van der Waals surface area contributed by atoms with E-state index < -0.39 is 0 Å². The van der Waals surface area contributed by atoms with Gasteiger partial charge in [-0.15, -0.1) is 0 Å². The van der Waals surface area contributed by atoms with Gasteiger partial charge in [0.05, 0.1) is 18.8 Å². The standard InChI is InChI=1S/C23H36O2/c24-23-20-13-17(20)8-5-11-22(23)25-14-21-18-9-3-1-6-15(18)12-16-7-2-4-10-19(16)21/h6,16-24H,1-5,7-14H2. The second kappa shape index (κ2) is 7.00. The molecule has 0 aromatic rings. The molecule has 0 saturated heterocycles. The summed E-state index contributed by atoms with van der Waals surface area (Å²) >= 11 is 0. The number of fused-ring (bicyclic) bond motifs is 3. The Bertz CT molecular complexity index is 512. The molecule has 8 unspecified atom stereocenters. The molecule has 5 rings (SSSR count). The maximum absolute atomic E-state index is 10.7. The summed E-state index contributed by atoms with van der Waals surface area (Å²) in [6, 6.07) is 0. The predicted molar refractivity (Wildman–Crippen MR) is 100 cm³/mol. The highest BCUT2D eigenvalue weighted by molar-refractivity contribution is 5.17. The molecule has 0 amide bonds. The summed E-state index contributed by atoms with van der Waals surface area (Å²) in [4.78, 5) is 0. The highest BCUT2D eigenvalue weighted by Crippen LogP contribution is 2.52. The van der Waals surface area contributed by atoms with Gasteiger partial charge in [0.1, 0.15) is 0 Å². The maximum Gasteiger partial charge on any atom is 0.0836 e. The van der Waals surface area contributed by atoms with Crippen molar-refractivity contribution in [1.82, 2.24) is 0 Å². The molecule has 1 N–H and O–H groups in total. The van der Waals surface area contributed by atoms with Crippen LogP contribution in [0.15, 0.2) is 11.6 Å². The van der Waals surface area contributed by atoms with Gasteiger partial charge in [0, 0.05) is 0 Å². The van der Waals surface area contributed by atoms with E-state index in [0.29, 0.717) is 5.92 Å². The Morgan fingerprint density at radius 1 is 0.920 bits per heavy atom. The van der Waals surface area contributed by atoms with Gasteiger partial charge in [0.2, 0.25) is 0 Å². The molecule has 25 heavy (non-hydrogen) atoms. The third kappa shape index (κ3) is 3.23. The van der Waals surface area contributed by atoms with Crippen molar-refractivity contribution >= 4 is 0 Å². The first kappa shape index (κ1) is 16.8. The van der Waals surface area contributed by atoms with Gasteiger partial charge in [-0.3, -0.25) is 0 Å². The molecule has 0 aromatic carbocycles. The lowest BCUT2D eigenvalue weighted by molar-refractivity contribution is -0.0829. The molecule has 0 heterocycles. The van der Waals surface area contributed by atoms with Crippen molar-refractivity contribution < 1.29 is 9.84 Å². The molecule has 140 valence electrons. The van der Waals surface area contributed by atoms with Crippen LogP contribution in [0, 0.1) is 35.5 Å². The normalized spacial score (nSPS) is 49.2. The van der Waals surface area contributed by atoms with Crippen LogP contribution >= 0.6 is 0 Å². The Balaban J connectivity index is 1.29. The Morgan fingerprint density at radius 2 is 1.80 bits per heavy atom. The number of hydrogen-bond donors (Lipinski definition) is 1. The molecule has 0 aliphatic heterocycles. The van der Waals surface area contributed by atoms with E-state index in [1.54, 1.807) is 5.57 Å². The van der Waals surface area contributed by atoms with E-state index in [9.17, 15) is 5.11 Å². The fourth-order valence-corrected chi connectivity index (χ4v) is 7.05. The topological polar surface area (TPSA) is 29.5 Å². The zero-order valence-electron chi connectivity index (χ0n) is 15.7. The van der Waals surface area contributed by atoms with Gasteiger partial charge in [-0.2, -0.15) is 0 Å². The molecule has 8 atom stereocenters. The van der Waals surface area contributed by atoms with Crippen molar-refractivity contribution in [3.63, 3.8) is 0 Å². The van der Waals surface area contributed by atoms with Crippen LogP contribution in [0.25, 0.3) is 0 Å². The third-order valence-electron chi connectivity index (χ3n) is 8.50. The summed E-state index contributed by atoms with van der Waals surface area (Å²) in [5.74, 6) is 4.72. The Morgan fingerprint density at radius 3 is 2.76 bits per heavy atom. The molecule has 5 aliphatic carbocycles. The summed E-state index contributed by atoms with van der Waals surface area (Å²) in [6.07, 6.45) is 18.7. The van der Waals surface area contributed by atoms with Crippen molar-refractivity contribution in [3.8, 4) is 0 Å². The van der Waals surface area contributed by atoms with Gasteiger partial charge >= 0.3 is 0 Å². The third-order valence-corrected chi connectivity index (χ3v) is 8.50. The fourth-order valence-electron chi connectivity index (χ4n) is 7.05. The van der Waals surface area contributed by atoms with E-state index in [-0.39, 0.29) is 12.2 Å². The number of hydrogen-bond acceptors (Lipinski definition) is 2. The largest absolute Gasteiger partial charge is 0.390 e. The molecular formula is C23H36O2. The fraction of sp³-hybridized carbons (Fsp3) is 0.913. The zero-order chi connectivity index (χ0) is 16.8. The summed E-state index contributed by atoms with van der Waals surface area (Å²) < 4.78 is 6.53. The first-order valence-electron chi connectivity index (χ1n) is 11.3. The quantitative estimate of drug-likeness (QED) is 0.721. The minimum absolute atomic E-state index is 0.123. The minimum atomic E-state index is -0.181. The minimum Gasteiger partial charge on any atom is -0.390 e. The van der Waals surface area contributed by atoms with Crippen molar-refractivity contribution in [3.05, 3.63) is 11.6 Å². The van der Waals surface area contributed by atoms with E-state index in [2.05, 4.69) is 6.08 Å². The monoisotopic (exact) mass is 344 g/mol. The lowest BCUT2D eigenvalue weighted by Gasteiger charge is -2.48. The van der Waals surface area contributed by atoms with Crippen LogP contribution in [0.3, 0.4) is 0 Å². The van der Waals surface area contributed by atoms with Crippen LogP contribution in [0.2, 0.25) is 0 Å². The molecular weight excluding hydrogens is 308 g/mol. The van der Waals surface area contributed by atoms with Crippen LogP contribution < -0.4 is 0 Å². The van der Waals surface area contributed by atoms with E-state index in [4.69, 9.17) is 4.74 Å². The van der Waals surface area contributed by atoms with Gasteiger partial charge in [-0.25, -0.2) is 0 Å². The van der Waals surface area contributed by atoms with Gasteiger partial charge in [0.15, 0.2) is 0 Å². The molecule has 2 heteroatoms. The van der Waals surface area contributed by atoms with E-state index >= 15 is 0 Å². The number of aliphatic hydroxyl groups is 1. The van der Waals surface area contributed by atoms with Crippen molar-refractivity contribution in [2.75, 3.05) is 6.61 Å². The van der Waals surface area contributed by atoms with Crippen LogP contribution in [-0.2, 0) is 4.74 Å². The lowest BCUT2D eigenvalue weighted by atomic mass is 9.58. The molecule has 2 nitrogen and oxygen atoms in total. The first-order valence-corrected chi connectivity index (χ1v) is 11.3. The lowest BCUT2D eigenvalue weighted by Crippen LogP contribution is -2.42. The summed E-state index contributed by atoms with van der Waals surface area (Å²) in [6.45, 7) is 0.919. The van der Waals surface area contributed by atoms with Crippen LogP contribution in [-0.4, -0.2) is 23.9 Å². The molecule has 4 saturated carbocycles. The number of ether oxygens (including phenoxy) is 1. The van der Waals surface area contributed by atoms with Gasteiger partial charge < -0.3 is 9.84 Å². The van der Waals surface area contributed by atoms with Crippen molar-refractivity contribution in [2.24, 2.45) is 35.5 Å². The second-order valence-electron chi connectivity index (χ2n) is 9.85. The number of allylic oxidation sites excluding steroid dienone is 2. The van der Waals surface area contributed by atoms with E-state index in [1.165, 1.54) is 70.6 Å². The zero-order valence-corrected chi connectivity index (χ0v) is 15.7. The highest BCUT2D eigenvalue weighted by Gasteiger charge is 2.48.